The smallest absolute Gasteiger partial charge is 0.232 e. The molecule has 0 radical (unpaired) electrons. The lowest BCUT2D eigenvalue weighted by atomic mass is 9.69. The Morgan fingerprint density at radius 2 is 1.84 bits per heavy atom. The van der Waals surface area contributed by atoms with E-state index in [1.165, 1.54) is 0 Å². The molecule has 2 aromatic carbocycles. The van der Waals surface area contributed by atoms with Gasteiger partial charge in [0.1, 0.15) is 0 Å². The van der Waals surface area contributed by atoms with Crippen LogP contribution < -0.4 is 19.7 Å². The molecule has 1 N–H and O–H groups in total. The molecule has 6 nitrogen and oxygen atoms in total. The van der Waals surface area contributed by atoms with Gasteiger partial charge in [0.15, 0.2) is 11.5 Å². The van der Waals surface area contributed by atoms with Crippen LogP contribution in [0.5, 0.6) is 11.5 Å². The van der Waals surface area contributed by atoms with Gasteiger partial charge >= 0.3 is 0 Å². The summed E-state index contributed by atoms with van der Waals surface area (Å²) < 4.78 is 10.7. The van der Waals surface area contributed by atoms with E-state index in [1.54, 1.807) is 19.1 Å². The monoisotopic (exact) mass is 420 g/mol. The third-order valence-electron chi connectivity index (χ3n) is 6.24. The third-order valence-corrected chi connectivity index (χ3v) is 6.24. The number of amides is 2. The second kappa shape index (κ2) is 8.84. The van der Waals surface area contributed by atoms with E-state index >= 15 is 0 Å². The molecule has 1 fully saturated rings. The number of anilines is 1. The molecular formula is C25H28N2O4. The predicted octanol–water partition coefficient (Wildman–Crippen LogP) is 4.20. The summed E-state index contributed by atoms with van der Waals surface area (Å²) in [6, 6.07) is 15.2. The molecule has 0 bridgehead atoms. The van der Waals surface area contributed by atoms with Gasteiger partial charge in [-0.3, -0.25) is 14.5 Å². The molecule has 31 heavy (non-hydrogen) atoms. The van der Waals surface area contributed by atoms with E-state index in [0.717, 1.165) is 36.2 Å². The Balaban J connectivity index is 1.58. The van der Waals surface area contributed by atoms with Crippen molar-refractivity contribution in [3.63, 3.8) is 0 Å². The van der Waals surface area contributed by atoms with Crippen molar-refractivity contribution in [2.24, 2.45) is 5.41 Å². The zero-order valence-corrected chi connectivity index (χ0v) is 18.0. The van der Waals surface area contributed by atoms with Crippen LogP contribution in [0.25, 0.3) is 0 Å². The first kappa shape index (κ1) is 21.0. The molecule has 2 aromatic rings. The van der Waals surface area contributed by atoms with E-state index in [4.69, 9.17) is 9.47 Å². The number of piperidine rings is 1. The number of allylic oxidation sites excluding steroid dienone is 1. The molecule has 162 valence electrons. The van der Waals surface area contributed by atoms with Crippen molar-refractivity contribution in [1.82, 2.24) is 5.32 Å². The van der Waals surface area contributed by atoms with Crippen LogP contribution in [0.3, 0.4) is 0 Å². The molecule has 1 atom stereocenters. The summed E-state index contributed by atoms with van der Waals surface area (Å²) >= 11 is 0. The molecule has 1 aliphatic heterocycles. The number of methoxy groups -OCH3 is 2. The summed E-state index contributed by atoms with van der Waals surface area (Å²) in [4.78, 5) is 28.1. The SMILES string of the molecule is COc1ccc(CNC(=O)C23CCCC=C2N(c2ccccc2)C(=O)CC3)cc1OC. The van der Waals surface area contributed by atoms with Crippen molar-refractivity contribution in [2.45, 2.75) is 38.6 Å². The lowest BCUT2D eigenvalue weighted by Crippen LogP contribution is -2.53. The van der Waals surface area contributed by atoms with Crippen molar-refractivity contribution in [2.75, 3.05) is 19.1 Å². The number of ether oxygens (including phenoxy) is 2. The Labute approximate surface area is 182 Å². The fourth-order valence-electron chi connectivity index (χ4n) is 4.64. The van der Waals surface area contributed by atoms with Crippen LogP contribution in [0.4, 0.5) is 5.69 Å². The second-order valence-electron chi connectivity index (χ2n) is 8.00. The highest BCUT2D eigenvalue weighted by atomic mass is 16.5. The summed E-state index contributed by atoms with van der Waals surface area (Å²) in [6.07, 6.45) is 5.52. The fourth-order valence-corrected chi connectivity index (χ4v) is 4.64. The van der Waals surface area contributed by atoms with Crippen molar-refractivity contribution < 1.29 is 19.1 Å². The van der Waals surface area contributed by atoms with Crippen LogP contribution in [0.1, 0.15) is 37.7 Å². The Morgan fingerprint density at radius 3 is 2.58 bits per heavy atom. The minimum absolute atomic E-state index is 0.0262. The van der Waals surface area contributed by atoms with Gasteiger partial charge in [0, 0.05) is 24.4 Å². The van der Waals surface area contributed by atoms with Crippen LogP contribution in [0.2, 0.25) is 0 Å². The maximum absolute atomic E-state index is 13.5. The van der Waals surface area contributed by atoms with Crippen molar-refractivity contribution in [3.05, 3.63) is 65.9 Å². The van der Waals surface area contributed by atoms with Crippen molar-refractivity contribution in [1.29, 1.82) is 0 Å². The minimum Gasteiger partial charge on any atom is -0.493 e. The molecule has 1 aliphatic carbocycles. The van der Waals surface area contributed by atoms with E-state index in [0.29, 0.717) is 30.9 Å². The quantitative estimate of drug-likeness (QED) is 0.761. The second-order valence-corrected chi connectivity index (χ2v) is 8.00. The van der Waals surface area contributed by atoms with Gasteiger partial charge in [0.05, 0.1) is 19.6 Å². The summed E-state index contributed by atoms with van der Waals surface area (Å²) in [5.41, 5.74) is 1.89. The Hall–Kier alpha value is -3.28. The number of carbonyl (C=O) groups is 2. The predicted molar refractivity (Wildman–Crippen MR) is 119 cm³/mol. The highest BCUT2D eigenvalue weighted by Gasteiger charge is 2.49. The first-order valence-electron chi connectivity index (χ1n) is 10.7. The van der Waals surface area contributed by atoms with Crippen LogP contribution in [0.15, 0.2) is 60.3 Å². The van der Waals surface area contributed by atoms with Crippen molar-refractivity contribution in [3.8, 4) is 11.5 Å². The molecule has 2 amide bonds. The Morgan fingerprint density at radius 1 is 1.06 bits per heavy atom. The van der Waals surface area contributed by atoms with Crippen LogP contribution in [-0.2, 0) is 16.1 Å². The highest BCUT2D eigenvalue weighted by Crippen LogP contribution is 2.48. The van der Waals surface area contributed by atoms with Crippen molar-refractivity contribution >= 4 is 17.5 Å². The average Bonchev–Trinajstić information content (AvgIpc) is 2.82. The number of fused-ring (bicyclic) bond motifs is 1. The van der Waals surface area contributed by atoms with Gasteiger partial charge < -0.3 is 14.8 Å². The van der Waals surface area contributed by atoms with Gasteiger partial charge in [-0.25, -0.2) is 0 Å². The summed E-state index contributed by atoms with van der Waals surface area (Å²) in [5.74, 6) is 1.30. The van der Waals surface area contributed by atoms with E-state index in [9.17, 15) is 9.59 Å². The molecule has 6 heteroatoms. The normalized spacial score (nSPS) is 20.5. The average molecular weight is 421 g/mol. The standard InChI is InChI=1S/C25H28N2O4/c1-30-20-12-11-18(16-21(20)31-2)17-26-24(29)25-14-7-6-10-22(25)27(23(28)13-15-25)19-8-4-3-5-9-19/h3-5,8-12,16H,6-7,13-15,17H2,1-2H3,(H,26,29). The lowest BCUT2D eigenvalue weighted by Gasteiger charge is -2.45. The van der Waals surface area contributed by atoms with Gasteiger partial charge in [0.2, 0.25) is 11.8 Å². The number of nitrogens with one attached hydrogen (secondary N) is 1. The number of carbonyl (C=O) groups excluding carboxylic acids is 2. The van der Waals surface area contributed by atoms with E-state index in [-0.39, 0.29) is 11.8 Å². The Kier molecular flexibility index (Phi) is 5.98. The van der Waals surface area contributed by atoms with Gasteiger partial charge in [0.25, 0.3) is 0 Å². The zero-order chi connectivity index (χ0) is 21.8. The Bertz CT molecular complexity index is 1000. The lowest BCUT2D eigenvalue weighted by molar-refractivity contribution is -0.132. The topological polar surface area (TPSA) is 67.9 Å². The molecule has 2 aliphatic rings. The van der Waals surface area contributed by atoms with E-state index in [2.05, 4.69) is 11.4 Å². The number of nitrogens with zero attached hydrogens (tertiary/aromatic N) is 1. The summed E-state index contributed by atoms with van der Waals surface area (Å²) in [7, 11) is 3.19. The summed E-state index contributed by atoms with van der Waals surface area (Å²) in [6.45, 7) is 0.382. The highest BCUT2D eigenvalue weighted by molar-refractivity contribution is 6.02. The fraction of sp³-hybridized carbons (Fsp3) is 0.360. The van der Waals surface area contributed by atoms with Crippen LogP contribution >= 0.6 is 0 Å². The number of benzene rings is 2. The molecule has 4 rings (SSSR count). The van der Waals surface area contributed by atoms with Gasteiger partial charge in [-0.2, -0.15) is 0 Å². The zero-order valence-electron chi connectivity index (χ0n) is 18.0. The maximum atomic E-state index is 13.5. The third kappa shape index (κ3) is 3.90. The van der Waals surface area contributed by atoms with Gasteiger partial charge in [-0.1, -0.05) is 30.3 Å². The minimum atomic E-state index is -0.682. The van der Waals surface area contributed by atoms with Gasteiger partial charge in [-0.15, -0.1) is 0 Å². The summed E-state index contributed by atoms with van der Waals surface area (Å²) in [5, 5.41) is 3.12. The molecular weight excluding hydrogens is 392 g/mol. The molecule has 1 saturated heterocycles. The van der Waals surface area contributed by atoms with Gasteiger partial charge in [-0.05, 0) is 55.5 Å². The maximum Gasteiger partial charge on any atom is 0.232 e. The van der Waals surface area contributed by atoms with E-state index in [1.807, 2.05) is 48.5 Å². The molecule has 1 unspecified atom stereocenters. The first-order valence-corrected chi connectivity index (χ1v) is 10.7. The number of hydrogen-bond acceptors (Lipinski definition) is 4. The van der Waals surface area contributed by atoms with Crippen LogP contribution in [0, 0.1) is 5.41 Å². The largest absolute Gasteiger partial charge is 0.493 e. The number of rotatable bonds is 6. The molecule has 0 spiro atoms. The molecule has 1 heterocycles. The molecule has 0 aromatic heterocycles. The van der Waals surface area contributed by atoms with Crippen LogP contribution in [-0.4, -0.2) is 26.0 Å². The number of hydrogen-bond donors (Lipinski definition) is 1. The number of para-hydroxylation sites is 1. The molecule has 0 saturated carbocycles. The first-order chi connectivity index (χ1) is 15.1. The van der Waals surface area contributed by atoms with E-state index < -0.39 is 5.41 Å².